The number of amides is 4. The number of carbonyl (C=O) groups excluding carboxylic acids is 3. The van der Waals surface area contributed by atoms with Crippen molar-refractivity contribution in [2.45, 2.75) is 45.2 Å². The van der Waals surface area contributed by atoms with Gasteiger partial charge in [0.25, 0.3) is 5.91 Å². The third-order valence-corrected chi connectivity index (χ3v) is 4.84. The van der Waals surface area contributed by atoms with Gasteiger partial charge in [0.15, 0.2) is 0 Å². The molecule has 0 aliphatic carbocycles. The zero-order valence-electron chi connectivity index (χ0n) is 14.0. The fraction of sp³-hybridized carbons (Fsp3) is 0.500. The van der Waals surface area contributed by atoms with Gasteiger partial charge in [-0.25, -0.2) is 4.79 Å². The van der Waals surface area contributed by atoms with Gasteiger partial charge in [-0.2, -0.15) is 0 Å². The Hall–Kier alpha value is -2.37. The minimum absolute atomic E-state index is 0.0583. The van der Waals surface area contributed by atoms with Crippen molar-refractivity contribution in [3.05, 3.63) is 35.4 Å². The summed E-state index contributed by atoms with van der Waals surface area (Å²) >= 11 is 0. The topological polar surface area (TPSA) is 69.7 Å². The van der Waals surface area contributed by atoms with Gasteiger partial charge in [-0.3, -0.25) is 14.5 Å². The van der Waals surface area contributed by atoms with E-state index < -0.39 is 0 Å². The van der Waals surface area contributed by atoms with Crippen molar-refractivity contribution in [3.63, 3.8) is 0 Å². The molecule has 0 aromatic heterocycles. The summed E-state index contributed by atoms with van der Waals surface area (Å²) in [6.45, 7) is 3.24. The monoisotopic (exact) mass is 329 g/mol. The Bertz CT molecular complexity index is 625. The van der Waals surface area contributed by atoms with Crippen LogP contribution in [0.4, 0.5) is 4.79 Å². The van der Waals surface area contributed by atoms with Crippen LogP contribution in [0.15, 0.2) is 24.3 Å². The quantitative estimate of drug-likeness (QED) is 0.861. The lowest BCUT2D eigenvalue weighted by Crippen LogP contribution is -2.43. The molecular formula is C18H23N3O3. The summed E-state index contributed by atoms with van der Waals surface area (Å²) in [6.07, 6.45) is 4.31. The van der Waals surface area contributed by atoms with Crippen LogP contribution in [0.2, 0.25) is 0 Å². The van der Waals surface area contributed by atoms with Gasteiger partial charge in [-0.05, 0) is 43.4 Å². The van der Waals surface area contributed by atoms with Gasteiger partial charge in [0.05, 0.1) is 13.1 Å². The first-order chi connectivity index (χ1) is 11.6. The van der Waals surface area contributed by atoms with Gasteiger partial charge in [0, 0.05) is 18.2 Å². The number of carbonyl (C=O) groups is 3. The first-order valence-electron chi connectivity index (χ1n) is 8.58. The molecule has 2 saturated heterocycles. The lowest BCUT2D eigenvalue weighted by Gasteiger charge is -2.35. The Morgan fingerprint density at radius 2 is 1.96 bits per heavy atom. The van der Waals surface area contributed by atoms with Gasteiger partial charge in [0.2, 0.25) is 5.91 Å². The molecule has 2 fully saturated rings. The fourth-order valence-electron chi connectivity index (χ4n) is 3.41. The van der Waals surface area contributed by atoms with Gasteiger partial charge in [-0.15, -0.1) is 0 Å². The zero-order valence-corrected chi connectivity index (χ0v) is 14.0. The molecule has 0 spiro atoms. The summed E-state index contributed by atoms with van der Waals surface area (Å²) in [5, 5.41) is 2.50. The summed E-state index contributed by atoms with van der Waals surface area (Å²) in [4.78, 5) is 39.1. The molecule has 0 bridgehead atoms. The summed E-state index contributed by atoms with van der Waals surface area (Å²) in [5.74, 6) is -0.151. The molecule has 2 heterocycles. The number of imide groups is 1. The summed E-state index contributed by atoms with van der Waals surface area (Å²) in [6, 6.07) is 7.18. The Morgan fingerprint density at radius 1 is 1.21 bits per heavy atom. The molecule has 1 aromatic rings. The standard InChI is InChI=1S/C18H23N3O3/c1-2-15-5-3-4-10-20(15)17(23)14-8-6-13(7-9-14)12-21-16(22)11-19-18(21)24/h6-9,15H,2-5,10-12H2,1H3,(H,19,24). The van der Waals surface area contributed by atoms with E-state index in [2.05, 4.69) is 12.2 Å². The van der Waals surface area contributed by atoms with E-state index in [1.165, 1.54) is 11.3 Å². The van der Waals surface area contributed by atoms with Crippen LogP contribution < -0.4 is 5.32 Å². The van der Waals surface area contributed by atoms with Crippen molar-refractivity contribution in [2.75, 3.05) is 13.1 Å². The van der Waals surface area contributed by atoms with Crippen LogP contribution in [0.1, 0.15) is 48.5 Å². The molecule has 3 rings (SSSR count). The highest BCUT2D eigenvalue weighted by Gasteiger charge is 2.29. The number of nitrogens with one attached hydrogen (secondary N) is 1. The van der Waals surface area contributed by atoms with Crippen LogP contribution in [0.3, 0.4) is 0 Å². The highest BCUT2D eigenvalue weighted by molar-refractivity contribution is 6.01. The Balaban J connectivity index is 1.68. The number of hydrogen-bond donors (Lipinski definition) is 1. The molecule has 1 aromatic carbocycles. The predicted octanol–water partition coefficient (Wildman–Crippen LogP) is 2.14. The number of piperidine rings is 1. The lowest BCUT2D eigenvalue weighted by atomic mass is 9.98. The smallest absolute Gasteiger partial charge is 0.324 e. The van der Waals surface area contributed by atoms with Crippen LogP contribution >= 0.6 is 0 Å². The van der Waals surface area contributed by atoms with Crippen LogP contribution in [-0.4, -0.2) is 46.8 Å². The molecular weight excluding hydrogens is 306 g/mol. The van der Waals surface area contributed by atoms with Crippen molar-refractivity contribution in [1.29, 1.82) is 0 Å². The highest BCUT2D eigenvalue weighted by Crippen LogP contribution is 2.22. The first kappa shape index (κ1) is 16.5. The molecule has 6 heteroatoms. The maximum Gasteiger partial charge on any atom is 0.324 e. The Labute approximate surface area is 141 Å². The minimum atomic E-state index is -0.362. The van der Waals surface area contributed by atoms with Crippen molar-refractivity contribution in [1.82, 2.24) is 15.1 Å². The zero-order chi connectivity index (χ0) is 17.1. The summed E-state index contributed by atoms with van der Waals surface area (Å²) in [5.41, 5.74) is 1.50. The second-order valence-corrected chi connectivity index (χ2v) is 6.39. The maximum atomic E-state index is 12.7. The molecule has 0 saturated carbocycles. The lowest BCUT2D eigenvalue weighted by molar-refractivity contribution is -0.125. The first-order valence-corrected chi connectivity index (χ1v) is 8.58. The van der Waals surface area contributed by atoms with E-state index in [4.69, 9.17) is 0 Å². The summed E-state index contributed by atoms with van der Waals surface area (Å²) in [7, 11) is 0. The molecule has 2 aliphatic heterocycles. The number of rotatable bonds is 4. The van der Waals surface area contributed by atoms with Gasteiger partial charge < -0.3 is 10.2 Å². The van der Waals surface area contributed by atoms with Crippen LogP contribution in [0, 0.1) is 0 Å². The molecule has 6 nitrogen and oxygen atoms in total. The summed E-state index contributed by atoms with van der Waals surface area (Å²) < 4.78 is 0. The number of nitrogens with zero attached hydrogens (tertiary/aromatic N) is 2. The van der Waals surface area contributed by atoms with Gasteiger partial charge >= 0.3 is 6.03 Å². The second-order valence-electron chi connectivity index (χ2n) is 6.39. The van der Waals surface area contributed by atoms with Gasteiger partial charge in [-0.1, -0.05) is 19.1 Å². The van der Waals surface area contributed by atoms with E-state index in [1.54, 1.807) is 12.1 Å². The van der Waals surface area contributed by atoms with Crippen molar-refractivity contribution in [2.24, 2.45) is 0 Å². The van der Waals surface area contributed by atoms with Crippen LogP contribution in [0.25, 0.3) is 0 Å². The predicted molar refractivity (Wildman–Crippen MR) is 89.4 cm³/mol. The van der Waals surface area contributed by atoms with E-state index in [-0.39, 0.29) is 30.9 Å². The average molecular weight is 329 g/mol. The molecule has 24 heavy (non-hydrogen) atoms. The molecule has 4 amide bonds. The third kappa shape index (κ3) is 3.27. The van der Waals surface area contributed by atoms with Gasteiger partial charge in [0.1, 0.15) is 0 Å². The molecule has 128 valence electrons. The van der Waals surface area contributed by atoms with E-state index in [1.807, 2.05) is 17.0 Å². The van der Waals surface area contributed by atoms with E-state index in [0.29, 0.717) is 11.6 Å². The number of benzene rings is 1. The Morgan fingerprint density at radius 3 is 2.58 bits per heavy atom. The third-order valence-electron chi connectivity index (χ3n) is 4.84. The van der Waals surface area contributed by atoms with Crippen molar-refractivity contribution >= 4 is 17.8 Å². The number of urea groups is 1. The number of hydrogen-bond acceptors (Lipinski definition) is 3. The van der Waals surface area contributed by atoms with Crippen LogP contribution in [0.5, 0.6) is 0 Å². The minimum Gasteiger partial charge on any atom is -0.336 e. The number of likely N-dealkylation sites (tertiary alicyclic amines) is 1. The second kappa shape index (κ2) is 7.03. The molecule has 0 radical (unpaired) electrons. The molecule has 1 N–H and O–H groups in total. The van der Waals surface area contributed by atoms with E-state index in [0.717, 1.165) is 31.4 Å². The maximum absolute atomic E-state index is 12.7. The van der Waals surface area contributed by atoms with E-state index in [9.17, 15) is 14.4 Å². The molecule has 2 aliphatic rings. The normalized spacial score (nSPS) is 21.1. The fourth-order valence-corrected chi connectivity index (χ4v) is 3.41. The average Bonchev–Trinajstić information content (AvgIpc) is 2.93. The van der Waals surface area contributed by atoms with Crippen LogP contribution in [-0.2, 0) is 11.3 Å². The highest BCUT2D eigenvalue weighted by atomic mass is 16.2. The molecule has 1 atom stereocenters. The SMILES string of the molecule is CCC1CCCCN1C(=O)c1ccc(CN2C(=O)CNC2=O)cc1. The van der Waals surface area contributed by atoms with Crippen molar-refractivity contribution < 1.29 is 14.4 Å². The molecule has 1 unspecified atom stereocenters. The Kier molecular flexibility index (Phi) is 4.83. The van der Waals surface area contributed by atoms with E-state index >= 15 is 0 Å². The largest absolute Gasteiger partial charge is 0.336 e. The van der Waals surface area contributed by atoms with Crippen molar-refractivity contribution in [3.8, 4) is 0 Å².